The van der Waals surface area contributed by atoms with Crippen molar-refractivity contribution < 1.29 is 8.42 Å². The second-order valence-corrected chi connectivity index (χ2v) is 4.98. The van der Waals surface area contributed by atoms with Crippen molar-refractivity contribution in [1.82, 2.24) is 4.72 Å². The molecule has 0 radical (unpaired) electrons. The van der Waals surface area contributed by atoms with Gasteiger partial charge in [0.05, 0.1) is 11.4 Å². The Bertz CT molecular complexity index is 515. The second-order valence-electron chi connectivity index (χ2n) is 3.25. The zero-order chi connectivity index (χ0) is 12.2. The highest BCUT2D eigenvalue weighted by Gasteiger charge is 2.17. The van der Waals surface area contributed by atoms with E-state index in [4.69, 9.17) is 12.2 Å². The lowest BCUT2D eigenvalue weighted by Gasteiger charge is -2.09. The predicted molar refractivity (Wildman–Crippen MR) is 64.3 cm³/mol. The number of rotatable bonds is 4. The van der Waals surface area contributed by atoms with Gasteiger partial charge in [-0.05, 0) is 24.1 Å². The maximum atomic E-state index is 11.9. The normalized spacial score (nSPS) is 11.0. The van der Waals surface area contributed by atoms with E-state index in [2.05, 4.69) is 10.6 Å². The molecule has 86 valence electrons. The van der Waals surface area contributed by atoms with E-state index in [0.29, 0.717) is 12.1 Å². The Morgan fingerprint density at radius 1 is 1.50 bits per heavy atom. The number of nitrogens with two attached hydrogens (primary N) is 1. The van der Waals surface area contributed by atoms with E-state index in [1.54, 1.807) is 12.1 Å². The lowest BCUT2D eigenvalue weighted by Crippen LogP contribution is -2.25. The zero-order valence-electron chi connectivity index (χ0n) is 9.03. The van der Waals surface area contributed by atoms with Crippen LogP contribution in [0.4, 0.5) is 5.69 Å². The van der Waals surface area contributed by atoms with E-state index in [0.717, 1.165) is 5.56 Å². The van der Waals surface area contributed by atoms with Gasteiger partial charge >= 0.3 is 0 Å². The number of nitrogen functional groups attached to an aromatic ring is 1. The Hall–Kier alpha value is -1.51. The molecule has 0 saturated carbocycles. The minimum absolute atomic E-state index is 0.0275. The van der Waals surface area contributed by atoms with Gasteiger partial charge < -0.3 is 5.73 Å². The lowest BCUT2D eigenvalue weighted by atomic mass is 10.1. The molecule has 1 aromatic carbocycles. The molecular weight excluding hydrogens is 224 g/mol. The van der Waals surface area contributed by atoms with Crippen LogP contribution in [0, 0.1) is 12.3 Å². The van der Waals surface area contributed by atoms with Gasteiger partial charge in [-0.2, -0.15) is 4.72 Å². The summed E-state index contributed by atoms with van der Waals surface area (Å²) in [5.41, 5.74) is 6.71. The molecule has 0 amide bonds. The highest BCUT2D eigenvalue weighted by molar-refractivity contribution is 7.89. The molecule has 0 aromatic heterocycles. The molecule has 0 aliphatic rings. The van der Waals surface area contributed by atoms with Gasteiger partial charge in [-0.15, -0.1) is 6.42 Å². The van der Waals surface area contributed by atoms with Gasteiger partial charge in [0.1, 0.15) is 0 Å². The van der Waals surface area contributed by atoms with Crippen molar-refractivity contribution in [1.29, 1.82) is 0 Å². The van der Waals surface area contributed by atoms with Gasteiger partial charge in [0, 0.05) is 5.69 Å². The Morgan fingerprint density at radius 2 is 2.19 bits per heavy atom. The van der Waals surface area contributed by atoms with Crippen LogP contribution in [0.15, 0.2) is 23.1 Å². The summed E-state index contributed by atoms with van der Waals surface area (Å²) in [6.07, 6.45) is 5.63. The molecule has 0 heterocycles. The molecule has 1 rings (SSSR count). The van der Waals surface area contributed by atoms with Gasteiger partial charge in [0.25, 0.3) is 0 Å². The smallest absolute Gasteiger partial charge is 0.241 e. The van der Waals surface area contributed by atoms with Crippen molar-refractivity contribution in [3.8, 4) is 12.3 Å². The van der Waals surface area contributed by atoms with E-state index < -0.39 is 10.0 Å². The number of hydrogen-bond donors (Lipinski definition) is 2. The predicted octanol–water partition coefficient (Wildman–Crippen LogP) is 0.743. The molecule has 0 fully saturated rings. The Balaban J connectivity index is 3.21. The molecule has 16 heavy (non-hydrogen) atoms. The summed E-state index contributed by atoms with van der Waals surface area (Å²) in [5.74, 6) is 2.22. The third-order valence-electron chi connectivity index (χ3n) is 2.13. The maximum Gasteiger partial charge on any atom is 0.241 e. The molecule has 0 aliphatic heterocycles. The quantitative estimate of drug-likeness (QED) is 0.600. The van der Waals surface area contributed by atoms with Crippen molar-refractivity contribution in [3.05, 3.63) is 23.8 Å². The van der Waals surface area contributed by atoms with Crippen molar-refractivity contribution in [2.75, 3.05) is 12.3 Å². The van der Waals surface area contributed by atoms with Gasteiger partial charge in [-0.25, -0.2) is 8.42 Å². The zero-order valence-corrected chi connectivity index (χ0v) is 9.84. The SMILES string of the molecule is C#CCNS(=O)(=O)c1cc(N)ccc1CC. The van der Waals surface area contributed by atoms with Crippen molar-refractivity contribution in [3.63, 3.8) is 0 Å². The number of sulfonamides is 1. The van der Waals surface area contributed by atoms with Crippen LogP contribution in [0.1, 0.15) is 12.5 Å². The highest BCUT2D eigenvalue weighted by atomic mass is 32.2. The number of hydrogen-bond acceptors (Lipinski definition) is 3. The van der Waals surface area contributed by atoms with Gasteiger partial charge in [-0.3, -0.25) is 0 Å². The van der Waals surface area contributed by atoms with Crippen LogP contribution in [-0.4, -0.2) is 15.0 Å². The first-order chi connectivity index (χ1) is 7.51. The number of aryl methyl sites for hydroxylation is 1. The van der Waals surface area contributed by atoms with Crippen LogP contribution in [0.2, 0.25) is 0 Å². The van der Waals surface area contributed by atoms with Gasteiger partial charge in [0.15, 0.2) is 0 Å². The Morgan fingerprint density at radius 3 is 2.75 bits per heavy atom. The van der Waals surface area contributed by atoms with E-state index >= 15 is 0 Å². The molecule has 4 nitrogen and oxygen atoms in total. The van der Waals surface area contributed by atoms with Gasteiger partial charge in [0.2, 0.25) is 10.0 Å². The summed E-state index contributed by atoms with van der Waals surface area (Å²) in [6.45, 7) is 1.85. The minimum Gasteiger partial charge on any atom is -0.399 e. The first-order valence-corrected chi connectivity index (χ1v) is 6.31. The highest BCUT2D eigenvalue weighted by Crippen LogP contribution is 2.19. The van der Waals surface area contributed by atoms with E-state index in [9.17, 15) is 8.42 Å². The molecule has 3 N–H and O–H groups in total. The summed E-state index contributed by atoms with van der Waals surface area (Å²) >= 11 is 0. The Labute approximate surface area is 95.9 Å². The number of terminal acetylenes is 1. The third kappa shape index (κ3) is 2.75. The molecule has 0 bridgehead atoms. The molecule has 0 saturated heterocycles. The van der Waals surface area contributed by atoms with Crippen LogP contribution in [-0.2, 0) is 16.4 Å². The fraction of sp³-hybridized carbons (Fsp3) is 0.273. The minimum atomic E-state index is -3.56. The first-order valence-electron chi connectivity index (χ1n) is 4.82. The first kappa shape index (κ1) is 12.6. The number of nitrogens with one attached hydrogen (secondary N) is 1. The molecule has 0 aliphatic carbocycles. The molecule has 5 heteroatoms. The largest absolute Gasteiger partial charge is 0.399 e. The van der Waals surface area contributed by atoms with Crippen LogP contribution in [0.5, 0.6) is 0 Å². The monoisotopic (exact) mass is 238 g/mol. The van der Waals surface area contributed by atoms with Crippen LogP contribution in [0.25, 0.3) is 0 Å². The Kier molecular flexibility index (Phi) is 3.93. The van der Waals surface area contributed by atoms with E-state index in [-0.39, 0.29) is 11.4 Å². The topological polar surface area (TPSA) is 72.2 Å². The second kappa shape index (κ2) is 5.01. The van der Waals surface area contributed by atoms with Gasteiger partial charge in [-0.1, -0.05) is 18.9 Å². The maximum absolute atomic E-state index is 11.9. The van der Waals surface area contributed by atoms with Crippen molar-refractivity contribution in [2.24, 2.45) is 0 Å². The van der Waals surface area contributed by atoms with E-state index in [1.165, 1.54) is 6.07 Å². The average molecular weight is 238 g/mol. The summed E-state index contributed by atoms with van der Waals surface area (Å²) < 4.78 is 26.0. The molecule has 1 aromatic rings. The fourth-order valence-electron chi connectivity index (χ4n) is 1.33. The third-order valence-corrected chi connectivity index (χ3v) is 3.61. The van der Waals surface area contributed by atoms with Crippen molar-refractivity contribution >= 4 is 15.7 Å². The van der Waals surface area contributed by atoms with Crippen LogP contribution < -0.4 is 10.5 Å². The van der Waals surface area contributed by atoms with Crippen LogP contribution >= 0.6 is 0 Å². The summed E-state index contributed by atoms with van der Waals surface area (Å²) in [7, 11) is -3.56. The standard InChI is InChI=1S/C11H14N2O2S/c1-3-7-13-16(14,15)11-8-10(12)6-5-9(11)4-2/h1,5-6,8,13H,4,7,12H2,2H3. The molecular formula is C11H14N2O2S. The van der Waals surface area contributed by atoms with E-state index in [1.807, 2.05) is 6.92 Å². The molecule has 0 unspecified atom stereocenters. The molecule has 0 atom stereocenters. The van der Waals surface area contributed by atoms with Crippen LogP contribution in [0.3, 0.4) is 0 Å². The lowest BCUT2D eigenvalue weighted by molar-refractivity contribution is 0.585. The molecule has 0 spiro atoms. The number of anilines is 1. The number of benzene rings is 1. The summed E-state index contributed by atoms with van der Waals surface area (Å²) in [5, 5.41) is 0. The average Bonchev–Trinajstić information content (AvgIpc) is 2.26. The fourth-order valence-corrected chi connectivity index (χ4v) is 2.61. The summed E-state index contributed by atoms with van der Waals surface area (Å²) in [4.78, 5) is 0.199. The van der Waals surface area contributed by atoms with Crippen molar-refractivity contribution in [2.45, 2.75) is 18.2 Å². The summed E-state index contributed by atoms with van der Waals surface area (Å²) in [6, 6.07) is 4.83.